The highest BCUT2D eigenvalue weighted by Gasteiger charge is 2.28. The van der Waals surface area contributed by atoms with Crippen LogP contribution in [0.5, 0.6) is 0 Å². The van der Waals surface area contributed by atoms with E-state index in [9.17, 15) is 4.79 Å². The van der Waals surface area contributed by atoms with Crippen molar-refractivity contribution < 1.29 is 9.53 Å². The van der Waals surface area contributed by atoms with Gasteiger partial charge in [-0.1, -0.05) is 26.8 Å². The molecule has 0 bridgehead atoms. The Balaban J connectivity index is 1.93. The first-order chi connectivity index (χ1) is 11.6. The molecule has 1 saturated heterocycles. The summed E-state index contributed by atoms with van der Waals surface area (Å²) in [6.07, 6.45) is 4.43. The number of nitrogens with zero attached hydrogens (tertiary/aromatic N) is 4. The van der Waals surface area contributed by atoms with Crippen molar-refractivity contribution in [3.63, 3.8) is 0 Å². The molecule has 0 spiro atoms. The summed E-state index contributed by atoms with van der Waals surface area (Å²) in [7, 11) is 0. The summed E-state index contributed by atoms with van der Waals surface area (Å²) < 4.78 is 7.44. The van der Waals surface area contributed by atoms with E-state index in [1.807, 2.05) is 23.1 Å². The number of carbonyl (C=O) groups excluding carboxylic acids is 1. The van der Waals surface area contributed by atoms with Crippen LogP contribution in [-0.2, 0) is 4.74 Å². The minimum atomic E-state index is 0.0302. The highest BCUT2D eigenvalue weighted by Crippen LogP contribution is 2.24. The van der Waals surface area contributed by atoms with Crippen LogP contribution in [0, 0.1) is 0 Å². The van der Waals surface area contributed by atoms with Crippen molar-refractivity contribution in [3.8, 4) is 5.82 Å². The average Bonchev–Trinajstić information content (AvgIpc) is 3.07. The number of carbonyl (C=O) groups is 1. The van der Waals surface area contributed by atoms with Crippen LogP contribution < -0.4 is 0 Å². The average molecular weight is 328 g/mol. The molecule has 3 heterocycles. The third-order valence-corrected chi connectivity index (χ3v) is 4.33. The van der Waals surface area contributed by atoms with Crippen LogP contribution in [-0.4, -0.2) is 51.4 Å². The van der Waals surface area contributed by atoms with E-state index in [1.165, 1.54) is 0 Å². The van der Waals surface area contributed by atoms with Crippen molar-refractivity contribution in [1.82, 2.24) is 19.7 Å². The topological polar surface area (TPSA) is 60.2 Å². The molecule has 1 atom stereocenters. The van der Waals surface area contributed by atoms with Gasteiger partial charge in [-0.15, -0.1) is 0 Å². The standard InChI is InChI=1S/C18H24N4O2/c1-4-14-12-21(9-10-24-14)18(23)15-11-20-22(17(15)13(2)3)16-7-5-6-8-19-16/h5-8,11,13-14H,4,9-10,12H2,1-3H3. The van der Waals surface area contributed by atoms with Gasteiger partial charge < -0.3 is 9.64 Å². The van der Waals surface area contributed by atoms with E-state index in [2.05, 4.69) is 30.9 Å². The van der Waals surface area contributed by atoms with Gasteiger partial charge in [0.25, 0.3) is 5.91 Å². The molecule has 0 N–H and O–H groups in total. The Hall–Kier alpha value is -2.21. The zero-order valence-electron chi connectivity index (χ0n) is 14.5. The molecule has 6 nitrogen and oxygen atoms in total. The molecule has 1 aliphatic rings. The summed E-state index contributed by atoms with van der Waals surface area (Å²) in [5.74, 6) is 0.924. The van der Waals surface area contributed by atoms with E-state index in [0.717, 1.165) is 17.9 Å². The molecule has 0 aromatic carbocycles. The normalized spacial score (nSPS) is 18.2. The molecule has 0 aliphatic carbocycles. The van der Waals surface area contributed by atoms with Crippen LogP contribution in [0.15, 0.2) is 30.6 Å². The number of rotatable bonds is 4. The second-order valence-electron chi connectivity index (χ2n) is 6.35. The molecule has 6 heteroatoms. The number of hydrogen-bond acceptors (Lipinski definition) is 4. The van der Waals surface area contributed by atoms with E-state index in [4.69, 9.17) is 4.74 Å². The second kappa shape index (κ2) is 7.13. The largest absolute Gasteiger partial charge is 0.375 e. The summed E-state index contributed by atoms with van der Waals surface area (Å²) in [5.41, 5.74) is 1.56. The maximum Gasteiger partial charge on any atom is 0.257 e. The van der Waals surface area contributed by atoms with Gasteiger partial charge in [-0.25, -0.2) is 9.67 Å². The van der Waals surface area contributed by atoms with E-state index < -0.39 is 0 Å². The Kier molecular flexibility index (Phi) is 4.94. The first-order valence-corrected chi connectivity index (χ1v) is 8.52. The predicted molar refractivity (Wildman–Crippen MR) is 91.4 cm³/mol. The lowest BCUT2D eigenvalue weighted by Crippen LogP contribution is -2.45. The fourth-order valence-electron chi connectivity index (χ4n) is 3.06. The van der Waals surface area contributed by atoms with Crippen LogP contribution in [0.1, 0.15) is 49.2 Å². The SMILES string of the molecule is CCC1CN(C(=O)c2cnn(-c3ccccn3)c2C(C)C)CCO1. The maximum atomic E-state index is 13.0. The zero-order chi connectivity index (χ0) is 17.1. The van der Waals surface area contributed by atoms with Gasteiger partial charge in [0.05, 0.1) is 30.2 Å². The fraction of sp³-hybridized carbons (Fsp3) is 0.500. The van der Waals surface area contributed by atoms with Gasteiger partial charge in [0, 0.05) is 19.3 Å². The molecule has 2 aromatic heterocycles. The lowest BCUT2D eigenvalue weighted by Gasteiger charge is -2.32. The van der Waals surface area contributed by atoms with E-state index in [1.54, 1.807) is 17.1 Å². The van der Waals surface area contributed by atoms with Crippen molar-refractivity contribution in [2.24, 2.45) is 0 Å². The van der Waals surface area contributed by atoms with Crippen LogP contribution in [0.25, 0.3) is 5.82 Å². The Bertz CT molecular complexity index is 696. The van der Waals surface area contributed by atoms with Gasteiger partial charge in [-0.2, -0.15) is 5.10 Å². The summed E-state index contributed by atoms with van der Waals surface area (Å²) in [5, 5.41) is 4.44. The molecular formula is C18H24N4O2. The van der Waals surface area contributed by atoms with Gasteiger partial charge in [0.2, 0.25) is 0 Å². The molecule has 0 saturated carbocycles. The van der Waals surface area contributed by atoms with Gasteiger partial charge in [0.1, 0.15) is 0 Å². The summed E-state index contributed by atoms with van der Waals surface area (Å²) in [4.78, 5) is 19.3. The highest BCUT2D eigenvalue weighted by atomic mass is 16.5. The predicted octanol–water partition coefficient (Wildman–Crippen LogP) is 2.64. The lowest BCUT2D eigenvalue weighted by molar-refractivity contribution is -0.0226. The second-order valence-corrected chi connectivity index (χ2v) is 6.35. The number of aromatic nitrogens is 3. The monoisotopic (exact) mass is 328 g/mol. The Morgan fingerprint density at radius 2 is 2.25 bits per heavy atom. The molecular weight excluding hydrogens is 304 g/mol. The third-order valence-electron chi connectivity index (χ3n) is 4.33. The smallest absolute Gasteiger partial charge is 0.257 e. The summed E-state index contributed by atoms with van der Waals surface area (Å²) >= 11 is 0. The zero-order valence-corrected chi connectivity index (χ0v) is 14.5. The minimum absolute atomic E-state index is 0.0302. The van der Waals surface area contributed by atoms with Crippen LogP contribution in [0.4, 0.5) is 0 Å². The molecule has 128 valence electrons. The Morgan fingerprint density at radius 3 is 2.92 bits per heavy atom. The van der Waals surface area contributed by atoms with Gasteiger partial charge in [-0.05, 0) is 24.5 Å². The fourth-order valence-corrected chi connectivity index (χ4v) is 3.06. The Labute approximate surface area is 142 Å². The number of ether oxygens (including phenoxy) is 1. The molecule has 0 radical (unpaired) electrons. The third kappa shape index (κ3) is 3.19. The van der Waals surface area contributed by atoms with Gasteiger partial charge in [-0.3, -0.25) is 4.79 Å². The van der Waals surface area contributed by atoms with Crippen LogP contribution in [0.3, 0.4) is 0 Å². The van der Waals surface area contributed by atoms with Crippen molar-refractivity contribution in [1.29, 1.82) is 0 Å². The number of pyridine rings is 1. The molecule has 1 fully saturated rings. The van der Waals surface area contributed by atoms with E-state index in [0.29, 0.717) is 25.3 Å². The van der Waals surface area contributed by atoms with Gasteiger partial charge in [0.15, 0.2) is 5.82 Å². The Morgan fingerprint density at radius 1 is 1.42 bits per heavy atom. The number of hydrogen-bond donors (Lipinski definition) is 0. The quantitative estimate of drug-likeness (QED) is 0.866. The molecule has 1 amide bonds. The number of amides is 1. The lowest BCUT2D eigenvalue weighted by atomic mass is 10.0. The van der Waals surface area contributed by atoms with Crippen molar-refractivity contribution in [2.75, 3.05) is 19.7 Å². The molecule has 1 aliphatic heterocycles. The van der Waals surface area contributed by atoms with E-state index >= 15 is 0 Å². The molecule has 1 unspecified atom stereocenters. The first kappa shape index (κ1) is 16.6. The molecule has 2 aromatic rings. The number of morpholine rings is 1. The molecule has 24 heavy (non-hydrogen) atoms. The van der Waals surface area contributed by atoms with Crippen LogP contribution >= 0.6 is 0 Å². The van der Waals surface area contributed by atoms with Gasteiger partial charge >= 0.3 is 0 Å². The van der Waals surface area contributed by atoms with E-state index in [-0.39, 0.29) is 17.9 Å². The maximum absolute atomic E-state index is 13.0. The summed E-state index contributed by atoms with van der Waals surface area (Å²) in [6.45, 7) is 8.08. The highest BCUT2D eigenvalue weighted by molar-refractivity contribution is 5.95. The van der Waals surface area contributed by atoms with Crippen LogP contribution in [0.2, 0.25) is 0 Å². The molecule has 3 rings (SSSR count). The first-order valence-electron chi connectivity index (χ1n) is 8.52. The van der Waals surface area contributed by atoms with Crippen molar-refractivity contribution in [3.05, 3.63) is 41.9 Å². The van der Waals surface area contributed by atoms with Crippen molar-refractivity contribution >= 4 is 5.91 Å². The summed E-state index contributed by atoms with van der Waals surface area (Å²) in [6, 6.07) is 5.69. The minimum Gasteiger partial charge on any atom is -0.375 e. The van der Waals surface area contributed by atoms with Crippen molar-refractivity contribution in [2.45, 2.75) is 39.2 Å².